The lowest BCUT2D eigenvalue weighted by atomic mass is 9.78. The summed E-state index contributed by atoms with van der Waals surface area (Å²) in [6, 6.07) is 0.387. The fourth-order valence-electron chi connectivity index (χ4n) is 2.09. The number of rotatable bonds is 2. The van der Waals surface area contributed by atoms with Crippen LogP contribution >= 0.6 is 12.4 Å². The Morgan fingerprint density at radius 3 is 2.00 bits per heavy atom. The van der Waals surface area contributed by atoms with Crippen molar-refractivity contribution in [3.05, 3.63) is 0 Å². The summed E-state index contributed by atoms with van der Waals surface area (Å²) in [6.45, 7) is 4.44. The van der Waals surface area contributed by atoms with Crippen LogP contribution in [0.3, 0.4) is 0 Å². The van der Waals surface area contributed by atoms with Crippen LogP contribution in [0.2, 0.25) is 0 Å². The van der Waals surface area contributed by atoms with E-state index in [4.69, 9.17) is 5.73 Å². The van der Waals surface area contributed by atoms with E-state index in [-0.39, 0.29) is 12.4 Å². The number of halogens is 1. The molecule has 1 nitrogen and oxygen atoms in total. The van der Waals surface area contributed by atoms with Gasteiger partial charge in [-0.25, -0.2) is 0 Å². The van der Waals surface area contributed by atoms with Gasteiger partial charge in [-0.05, 0) is 18.8 Å². The zero-order valence-electron chi connectivity index (χ0n) is 8.25. The van der Waals surface area contributed by atoms with E-state index in [0.717, 1.165) is 11.8 Å². The summed E-state index contributed by atoms with van der Waals surface area (Å²) in [4.78, 5) is 0. The molecule has 1 rings (SSSR count). The van der Waals surface area contributed by atoms with Gasteiger partial charge in [0, 0.05) is 6.04 Å². The summed E-state index contributed by atoms with van der Waals surface area (Å²) >= 11 is 0. The van der Waals surface area contributed by atoms with E-state index >= 15 is 0 Å². The van der Waals surface area contributed by atoms with Gasteiger partial charge >= 0.3 is 0 Å². The summed E-state index contributed by atoms with van der Waals surface area (Å²) in [5.41, 5.74) is 5.87. The molecule has 0 aromatic rings. The minimum Gasteiger partial charge on any atom is -0.328 e. The summed E-state index contributed by atoms with van der Waals surface area (Å²) in [7, 11) is 0. The topological polar surface area (TPSA) is 26.0 Å². The molecule has 2 N–H and O–H groups in total. The molecular weight excluding hydrogens is 170 g/mol. The molecule has 0 heterocycles. The third kappa shape index (κ3) is 3.32. The Hall–Kier alpha value is 0.250. The van der Waals surface area contributed by atoms with Crippen LogP contribution in [-0.4, -0.2) is 6.04 Å². The molecule has 1 aliphatic carbocycles. The van der Waals surface area contributed by atoms with E-state index < -0.39 is 0 Å². The molecule has 2 atom stereocenters. The summed E-state index contributed by atoms with van der Waals surface area (Å²) in [5.74, 6) is 1.65. The van der Waals surface area contributed by atoms with Gasteiger partial charge in [0.25, 0.3) is 0 Å². The first kappa shape index (κ1) is 12.2. The summed E-state index contributed by atoms with van der Waals surface area (Å²) < 4.78 is 0. The van der Waals surface area contributed by atoms with Crippen molar-refractivity contribution in [3.63, 3.8) is 0 Å². The molecule has 0 bridgehead atoms. The second-order valence-electron chi connectivity index (χ2n) is 4.12. The van der Waals surface area contributed by atoms with E-state index in [0.29, 0.717) is 6.04 Å². The number of hydrogen-bond donors (Lipinski definition) is 1. The predicted octanol–water partition coefficient (Wildman–Crippen LogP) is 2.97. The minimum atomic E-state index is 0. The minimum absolute atomic E-state index is 0. The van der Waals surface area contributed by atoms with E-state index in [1.807, 2.05) is 0 Å². The Bertz CT molecular complexity index is 108. The zero-order valence-corrected chi connectivity index (χ0v) is 9.07. The van der Waals surface area contributed by atoms with E-state index in [2.05, 4.69) is 13.8 Å². The summed E-state index contributed by atoms with van der Waals surface area (Å²) in [5, 5.41) is 0. The molecule has 0 aromatic carbocycles. The Morgan fingerprint density at radius 1 is 1.08 bits per heavy atom. The number of nitrogens with two attached hydrogens (primary N) is 1. The van der Waals surface area contributed by atoms with Gasteiger partial charge in [0.05, 0.1) is 0 Å². The van der Waals surface area contributed by atoms with Crippen LogP contribution < -0.4 is 5.73 Å². The lowest BCUT2D eigenvalue weighted by Gasteiger charge is -2.29. The van der Waals surface area contributed by atoms with Crippen LogP contribution in [-0.2, 0) is 0 Å². The Morgan fingerprint density at radius 2 is 1.58 bits per heavy atom. The first-order valence-electron chi connectivity index (χ1n) is 4.97. The highest BCUT2D eigenvalue weighted by Gasteiger charge is 2.21. The quantitative estimate of drug-likeness (QED) is 0.714. The Balaban J connectivity index is 0.00000121. The molecule has 0 aliphatic heterocycles. The van der Waals surface area contributed by atoms with Gasteiger partial charge in [0.2, 0.25) is 0 Å². The number of hydrogen-bond acceptors (Lipinski definition) is 1. The first-order chi connectivity index (χ1) is 5.22. The maximum atomic E-state index is 5.87. The maximum Gasteiger partial charge on any atom is 0.00387 e. The Kier molecular flexibility index (Phi) is 5.94. The van der Waals surface area contributed by atoms with Gasteiger partial charge in [-0.2, -0.15) is 0 Å². The van der Waals surface area contributed by atoms with Gasteiger partial charge in [0.15, 0.2) is 0 Å². The fraction of sp³-hybridized carbons (Fsp3) is 1.00. The Labute approximate surface area is 82.5 Å². The van der Waals surface area contributed by atoms with Crippen molar-refractivity contribution in [2.45, 2.75) is 52.0 Å². The van der Waals surface area contributed by atoms with Crippen molar-refractivity contribution in [3.8, 4) is 0 Å². The van der Waals surface area contributed by atoms with Crippen LogP contribution in [0.25, 0.3) is 0 Å². The third-order valence-electron chi connectivity index (χ3n) is 3.22. The monoisotopic (exact) mass is 191 g/mol. The molecular formula is C10H22ClN. The van der Waals surface area contributed by atoms with Gasteiger partial charge in [-0.15, -0.1) is 12.4 Å². The largest absolute Gasteiger partial charge is 0.328 e. The molecule has 1 fully saturated rings. The highest BCUT2D eigenvalue weighted by molar-refractivity contribution is 5.85. The summed E-state index contributed by atoms with van der Waals surface area (Å²) in [6.07, 6.45) is 7.15. The van der Waals surface area contributed by atoms with Crippen LogP contribution in [0.1, 0.15) is 46.0 Å². The van der Waals surface area contributed by atoms with E-state index in [1.54, 1.807) is 0 Å². The van der Waals surface area contributed by atoms with Crippen molar-refractivity contribution in [1.29, 1.82) is 0 Å². The standard InChI is InChI=1S/C10H21N.ClH/c1-8(9(2)11)10-6-4-3-5-7-10;/h8-10H,3-7,11H2,1-2H3;1H/t8?,9-;/m1./s1. The van der Waals surface area contributed by atoms with E-state index in [1.165, 1.54) is 32.1 Å². The highest BCUT2D eigenvalue weighted by Crippen LogP contribution is 2.30. The molecule has 0 radical (unpaired) electrons. The van der Waals surface area contributed by atoms with Gasteiger partial charge < -0.3 is 5.73 Å². The molecule has 1 saturated carbocycles. The molecule has 12 heavy (non-hydrogen) atoms. The van der Waals surface area contributed by atoms with Crippen molar-refractivity contribution in [1.82, 2.24) is 0 Å². The molecule has 74 valence electrons. The molecule has 0 amide bonds. The van der Waals surface area contributed by atoms with Crippen molar-refractivity contribution in [2.75, 3.05) is 0 Å². The molecule has 1 aliphatic rings. The van der Waals surface area contributed by atoms with Gasteiger partial charge in [-0.1, -0.05) is 39.0 Å². The van der Waals surface area contributed by atoms with Crippen LogP contribution in [0, 0.1) is 11.8 Å². The van der Waals surface area contributed by atoms with Crippen LogP contribution in [0.4, 0.5) is 0 Å². The second kappa shape index (κ2) is 5.82. The SMILES string of the molecule is CC(C1CCCCC1)[C@@H](C)N.Cl. The maximum absolute atomic E-state index is 5.87. The van der Waals surface area contributed by atoms with Crippen molar-refractivity contribution in [2.24, 2.45) is 17.6 Å². The lowest BCUT2D eigenvalue weighted by Crippen LogP contribution is -2.31. The molecule has 1 unspecified atom stereocenters. The fourth-order valence-corrected chi connectivity index (χ4v) is 2.09. The van der Waals surface area contributed by atoms with Gasteiger partial charge in [0.1, 0.15) is 0 Å². The van der Waals surface area contributed by atoms with Crippen LogP contribution in [0.5, 0.6) is 0 Å². The second-order valence-corrected chi connectivity index (χ2v) is 4.12. The highest BCUT2D eigenvalue weighted by atomic mass is 35.5. The molecule has 0 spiro atoms. The predicted molar refractivity (Wildman–Crippen MR) is 56.6 cm³/mol. The molecule has 0 aromatic heterocycles. The normalized spacial score (nSPS) is 24.2. The first-order valence-corrected chi connectivity index (χ1v) is 4.97. The van der Waals surface area contributed by atoms with Crippen molar-refractivity contribution < 1.29 is 0 Å². The molecule has 2 heteroatoms. The van der Waals surface area contributed by atoms with Crippen molar-refractivity contribution >= 4 is 12.4 Å². The van der Waals surface area contributed by atoms with Crippen LogP contribution in [0.15, 0.2) is 0 Å². The average molecular weight is 192 g/mol. The smallest absolute Gasteiger partial charge is 0.00387 e. The van der Waals surface area contributed by atoms with Gasteiger partial charge in [-0.3, -0.25) is 0 Å². The average Bonchev–Trinajstić information content (AvgIpc) is 2.05. The van der Waals surface area contributed by atoms with E-state index in [9.17, 15) is 0 Å². The zero-order chi connectivity index (χ0) is 8.27. The third-order valence-corrected chi connectivity index (χ3v) is 3.22. The lowest BCUT2D eigenvalue weighted by molar-refractivity contribution is 0.239. The molecule has 0 saturated heterocycles.